The molecule has 5 aromatic rings. The summed E-state index contributed by atoms with van der Waals surface area (Å²) in [7, 11) is 0. The van der Waals surface area contributed by atoms with Gasteiger partial charge in [0.1, 0.15) is 11.6 Å². The van der Waals surface area contributed by atoms with Crippen molar-refractivity contribution in [1.29, 1.82) is 0 Å². The largest absolute Gasteiger partial charge is 0.505 e. The van der Waals surface area contributed by atoms with Crippen LogP contribution >= 0.6 is 11.6 Å². The maximum atomic E-state index is 14.7. The fourth-order valence-corrected chi connectivity index (χ4v) is 6.98. The minimum Gasteiger partial charge on any atom is -0.505 e. The highest BCUT2D eigenvalue weighted by molar-refractivity contribution is 6.30. The highest BCUT2D eigenvalue weighted by Crippen LogP contribution is 2.46. The summed E-state index contributed by atoms with van der Waals surface area (Å²) < 4.78 is 16.9. The van der Waals surface area contributed by atoms with Gasteiger partial charge in [-0.05, 0) is 105 Å². The van der Waals surface area contributed by atoms with Crippen LogP contribution in [-0.4, -0.2) is 9.67 Å². The molecule has 5 rings (SSSR count). The smallest absolute Gasteiger partial charge is 0.147 e. The number of phenols is 1. The van der Waals surface area contributed by atoms with Crippen LogP contribution in [0.15, 0.2) is 66.7 Å². The van der Waals surface area contributed by atoms with Crippen LogP contribution in [0.4, 0.5) is 4.39 Å². The first-order valence-corrected chi connectivity index (χ1v) is 16.0. The summed E-state index contributed by atoms with van der Waals surface area (Å²) in [4.78, 5) is 0. The second kappa shape index (κ2) is 10.7. The van der Waals surface area contributed by atoms with Crippen LogP contribution in [0.3, 0.4) is 0 Å². The highest BCUT2D eigenvalue weighted by Gasteiger charge is 2.30. The van der Waals surface area contributed by atoms with E-state index in [0.717, 1.165) is 33.8 Å². The van der Waals surface area contributed by atoms with Gasteiger partial charge in [-0.25, -0.2) is 4.39 Å². The standard InChI is InChI=1S/C40H47ClFNO/c1-37(2,3)23-40(10,11)27-20-30(24-16-28(41)22-29(42)17-24)36(44)35(21-27)43-33-14-12-25(38(4,5)6)18-31(33)32-19-26(39(7,8)9)13-15-34(32)43/h12-22,44H,23H2,1-11H3. The Morgan fingerprint density at radius 3 is 1.64 bits per heavy atom. The van der Waals surface area contributed by atoms with E-state index in [-0.39, 0.29) is 27.4 Å². The molecule has 0 fully saturated rings. The zero-order valence-corrected chi connectivity index (χ0v) is 29.0. The number of aromatic nitrogens is 1. The molecule has 0 saturated heterocycles. The van der Waals surface area contributed by atoms with Gasteiger partial charge < -0.3 is 9.67 Å². The molecule has 1 aromatic heterocycles. The number of fused-ring (bicyclic) bond motifs is 3. The van der Waals surface area contributed by atoms with Crippen LogP contribution in [-0.2, 0) is 16.2 Å². The predicted molar refractivity (Wildman–Crippen MR) is 187 cm³/mol. The van der Waals surface area contributed by atoms with Gasteiger partial charge in [-0.3, -0.25) is 0 Å². The number of rotatable bonds is 4. The van der Waals surface area contributed by atoms with E-state index >= 15 is 0 Å². The molecule has 4 aromatic carbocycles. The molecule has 0 saturated carbocycles. The number of phenolic OH excluding ortho intramolecular Hbond substituents is 1. The van der Waals surface area contributed by atoms with Crippen molar-refractivity contribution >= 4 is 33.4 Å². The van der Waals surface area contributed by atoms with Crippen LogP contribution in [0, 0.1) is 11.2 Å². The molecular weight excluding hydrogens is 565 g/mol. The van der Waals surface area contributed by atoms with E-state index in [1.165, 1.54) is 23.3 Å². The lowest BCUT2D eigenvalue weighted by atomic mass is 9.71. The highest BCUT2D eigenvalue weighted by atomic mass is 35.5. The van der Waals surface area contributed by atoms with Crippen molar-refractivity contribution in [3.63, 3.8) is 0 Å². The predicted octanol–water partition coefficient (Wildman–Crippen LogP) is 12.3. The maximum absolute atomic E-state index is 14.7. The number of hydrogen-bond donors (Lipinski definition) is 1. The third-order valence-electron chi connectivity index (χ3n) is 8.76. The lowest BCUT2D eigenvalue weighted by molar-refractivity contribution is 0.284. The Morgan fingerprint density at radius 1 is 0.659 bits per heavy atom. The van der Waals surface area contributed by atoms with E-state index in [1.54, 1.807) is 6.07 Å². The van der Waals surface area contributed by atoms with Crippen molar-refractivity contribution in [3.05, 3.63) is 94.3 Å². The Hall–Kier alpha value is -3.30. The Morgan fingerprint density at radius 2 is 1.18 bits per heavy atom. The van der Waals surface area contributed by atoms with Crippen molar-refractivity contribution in [2.75, 3.05) is 0 Å². The van der Waals surface area contributed by atoms with Gasteiger partial charge in [0.25, 0.3) is 0 Å². The molecule has 0 aliphatic carbocycles. The van der Waals surface area contributed by atoms with Gasteiger partial charge in [-0.2, -0.15) is 0 Å². The van der Waals surface area contributed by atoms with E-state index in [4.69, 9.17) is 11.6 Å². The summed E-state index contributed by atoms with van der Waals surface area (Å²) >= 11 is 6.34. The van der Waals surface area contributed by atoms with Crippen molar-refractivity contribution in [3.8, 4) is 22.6 Å². The second-order valence-corrected chi connectivity index (χ2v) is 16.9. The Labute approximate surface area is 267 Å². The van der Waals surface area contributed by atoms with Gasteiger partial charge in [-0.1, -0.05) is 99.9 Å². The van der Waals surface area contributed by atoms with Gasteiger partial charge in [0, 0.05) is 21.4 Å². The summed E-state index contributed by atoms with van der Waals surface area (Å²) in [5.41, 5.74) is 7.20. The first-order chi connectivity index (χ1) is 20.2. The SMILES string of the molecule is CC(C)(C)CC(C)(C)c1cc(-c2cc(F)cc(Cl)c2)c(O)c(-n2c3ccc(C(C)(C)C)cc3c3cc(C(C)(C)C)ccc32)c1. The van der Waals surface area contributed by atoms with Gasteiger partial charge in [0.15, 0.2) is 0 Å². The number of benzene rings is 4. The molecule has 0 amide bonds. The second-order valence-electron chi connectivity index (χ2n) is 16.5. The Balaban J connectivity index is 1.92. The molecule has 1 N–H and O–H groups in total. The van der Waals surface area contributed by atoms with Crippen LogP contribution in [0.1, 0.15) is 99.3 Å². The van der Waals surface area contributed by atoms with E-state index < -0.39 is 5.82 Å². The molecule has 2 nitrogen and oxygen atoms in total. The van der Waals surface area contributed by atoms with Crippen LogP contribution in [0.25, 0.3) is 38.6 Å². The zero-order chi connectivity index (χ0) is 32.6. The number of nitrogens with zero attached hydrogens (tertiary/aromatic N) is 1. The number of aromatic hydroxyl groups is 1. The van der Waals surface area contributed by atoms with E-state index in [2.05, 4.69) is 123 Å². The molecule has 0 bridgehead atoms. The molecule has 4 heteroatoms. The molecule has 232 valence electrons. The Bertz CT molecular complexity index is 1800. The van der Waals surface area contributed by atoms with E-state index in [1.807, 2.05) is 6.07 Å². The lowest BCUT2D eigenvalue weighted by Crippen LogP contribution is -2.25. The van der Waals surface area contributed by atoms with Crippen LogP contribution in [0.2, 0.25) is 5.02 Å². The molecule has 0 aliphatic heterocycles. The third kappa shape index (κ3) is 6.13. The van der Waals surface area contributed by atoms with Gasteiger partial charge in [0.2, 0.25) is 0 Å². The minimum absolute atomic E-state index is 0.0207. The third-order valence-corrected chi connectivity index (χ3v) is 8.97. The maximum Gasteiger partial charge on any atom is 0.147 e. The Kier molecular flexibility index (Phi) is 7.77. The molecule has 0 unspecified atom stereocenters. The van der Waals surface area contributed by atoms with Crippen molar-refractivity contribution in [2.24, 2.45) is 5.41 Å². The van der Waals surface area contributed by atoms with Crippen LogP contribution in [0.5, 0.6) is 5.75 Å². The van der Waals surface area contributed by atoms with Gasteiger partial charge >= 0.3 is 0 Å². The average Bonchev–Trinajstić information content (AvgIpc) is 3.18. The fourth-order valence-electron chi connectivity index (χ4n) is 6.75. The zero-order valence-electron chi connectivity index (χ0n) is 28.2. The van der Waals surface area contributed by atoms with Crippen molar-refractivity contribution < 1.29 is 9.50 Å². The number of halogens is 2. The number of hydrogen-bond acceptors (Lipinski definition) is 1. The minimum atomic E-state index is -0.436. The lowest BCUT2D eigenvalue weighted by Gasteiger charge is -2.34. The fraction of sp³-hybridized carbons (Fsp3) is 0.400. The van der Waals surface area contributed by atoms with E-state index in [0.29, 0.717) is 21.8 Å². The molecule has 0 radical (unpaired) electrons. The average molecular weight is 612 g/mol. The topological polar surface area (TPSA) is 25.2 Å². The molecule has 1 heterocycles. The van der Waals surface area contributed by atoms with Gasteiger partial charge in [-0.15, -0.1) is 0 Å². The van der Waals surface area contributed by atoms with E-state index in [9.17, 15) is 9.50 Å². The summed E-state index contributed by atoms with van der Waals surface area (Å²) in [5, 5.41) is 14.7. The van der Waals surface area contributed by atoms with Crippen LogP contribution < -0.4 is 0 Å². The summed E-state index contributed by atoms with van der Waals surface area (Å²) in [6, 6.07) is 22.0. The summed E-state index contributed by atoms with van der Waals surface area (Å²) in [5.74, 6) is -0.338. The molecule has 0 spiro atoms. The first-order valence-electron chi connectivity index (χ1n) is 15.6. The molecule has 0 aliphatic rings. The van der Waals surface area contributed by atoms with Crippen molar-refractivity contribution in [2.45, 2.75) is 98.8 Å². The quantitative estimate of drug-likeness (QED) is 0.215. The summed E-state index contributed by atoms with van der Waals surface area (Å²) in [6.07, 6.45) is 0.921. The monoisotopic (exact) mass is 611 g/mol. The van der Waals surface area contributed by atoms with Crippen molar-refractivity contribution in [1.82, 2.24) is 4.57 Å². The normalized spacial score (nSPS) is 13.3. The molecule has 0 atom stereocenters. The summed E-state index contributed by atoms with van der Waals surface area (Å²) in [6.45, 7) is 24.6. The molecule has 44 heavy (non-hydrogen) atoms. The van der Waals surface area contributed by atoms with Gasteiger partial charge in [0.05, 0.1) is 16.7 Å². The molecular formula is C40H47ClFNO. The first kappa shape index (κ1) is 32.1.